The van der Waals surface area contributed by atoms with Gasteiger partial charge in [-0.15, -0.1) is 0 Å². The van der Waals surface area contributed by atoms with Gasteiger partial charge in [0.15, 0.2) is 0 Å². The number of halogens is 1. The molecule has 6 nitrogen and oxygen atoms in total. The first-order valence-electron chi connectivity index (χ1n) is 6.42. The zero-order chi connectivity index (χ0) is 14.2. The van der Waals surface area contributed by atoms with Crippen molar-refractivity contribution in [3.8, 4) is 0 Å². The maximum atomic E-state index is 5.96. The van der Waals surface area contributed by atoms with Crippen LogP contribution in [0.25, 0.3) is 0 Å². The van der Waals surface area contributed by atoms with Gasteiger partial charge in [0, 0.05) is 25.4 Å². The first kappa shape index (κ1) is 13.3. The lowest BCUT2D eigenvalue weighted by atomic mass is 9.97. The van der Waals surface area contributed by atoms with Crippen molar-refractivity contribution >= 4 is 17.5 Å². The summed E-state index contributed by atoms with van der Waals surface area (Å²) in [6.07, 6.45) is 7.04. The average molecular weight is 294 g/mol. The number of rotatable bonds is 2. The fourth-order valence-corrected chi connectivity index (χ4v) is 2.48. The van der Waals surface area contributed by atoms with Crippen molar-refractivity contribution in [3.63, 3.8) is 0 Å². The van der Waals surface area contributed by atoms with Crippen LogP contribution in [0.2, 0.25) is 5.02 Å². The second kappa shape index (κ2) is 5.03. The molecule has 0 N–H and O–H groups in total. The number of anilines is 1. The van der Waals surface area contributed by atoms with E-state index in [9.17, 15) is 0 Å². The number of hydrogen-bond acceptors (Lipinski definition) is 5. The molecule has 0 radical (unpaired) electrons. The highest BCUT2D eigenvalue weighted by atomic mass is 35.5. The summed E-state index contributed by atoms with van der Waals surface area (Å²) in [5.41, 5.74) is 0.647. The topological polar surface area (TPSA) is 56.1 Å². The van der Waals surface area contributed by atoms with Gasteiger partial charge in [-0.2, -0.15) is 5.10 Å². The van der Waals surface area contributed by atoms with E-state index in [4.69, 9.17) is 16.3 Å². The number of aromatic nitrogens is 4. The van der Waals surface area contributed by atoms with Crippen molar-refractivity contribution in [2.24, 2.45) is 7.05 Å². The molecule has 3 heterocycles. The van der Waals surface area contributed by atoms with Crippen LogP contribution >= 0.6 is 11.6 Å². The molecule has 1 aliphatic heterocycles. The van der Waals surface area contributed by atoms with Crippen molar-refractivity contribution < 1.29 is 4.74 Å². The third-order valence-corrected chi connectivity index (χ3v) is 3.67. The molecule has 0 unspecified atom stereocenters. The van der Waals surface area contributed by atoms with Gasteiger partial charge in [-0.25, -0.2) is 9.97 Å². The number of aryl methyl sites for hydroxylation is 1. The normalized spacial score (nSPS) is 23.1. The van der Waals surface area contributed by atoms with Gasteiger partial charge in [-0.1, -0.05) is 11.6 Å². The standard InChI is InChI=1S/C13H16ClN5O/c1-13(10-5-17-18(2)8-10)9-19(3-4-20-13)12-15-6-11(14)7-16-12/h5-8H,3-4,9H2,1-2H3/t13-/m1/s1. The summed E-state index contributed by atoms with van der Waals surface area (Å²) in [5, 5.41) is 4.75. The molecule has 1 aliphatic rings. The highest BCUT2D eigenvalue weighted by Crippen LogP contribution is 2.30. The molecule has 3 rings (SSSR count). The van der Waals surface area contributed by atoms with Gasteiger partial charge in [0.2, 0.25) is 5.95 Å². The smallest absolute Gasteiger partial charge is 0.225 e. The van der Waals surface area contributed by atoms with Crippen LogP contribution in [0.1, 0.15) is 12.5 Å². The molecule has 20 heavy (non-hydrogen) atoms. The molecule has 0 spiro atoms. The van der Waals surface area contributed by atoms with Crippen molar-refractivity contribution in [2.45, 2.75) is 12.5 Å². The third-order valence-electron chi connectivity index (χ3n) is 3.48. The quantitative estimate of drug-likeness (QED) is 0.842. The van der Waals surface area contributed by atoms with Gasteiger partial charge in [-0.05, 0) is 6.92 Å². The van der Waals surface area contributed by atoms with Crippen molar-refractivity contribution in [3.05, 3.63) is 35.4 Å². The van der Waals surface area contributed by atoms with E-state index >= 15 is 0 Å². The van der Waals surface area contributed by atoms with Crippen LogP contribution in [0.4, 0.5) is 5.95 Å². The Morgan fingerprint density at radius 3 is 2.70 bits per heavy atom. The van der Waals surface area contributed by atoms with Gasteiger partial charge >= 0.3 is 0 Å². The van der Waals surface area contributed by atoms with Crippen molar-refractivity contribution in [1.29, 1.82) is 0 Å². The molecule has 0 aliphatic carbocycles. The Kier molecular flexibility index (Phi) is 3.35. The van der Waals surface area contributed by atoms with E-state index in [2.05, 4.69) is 26.9 Å². The summed E-state index contributed by atoms with van der Waals surface area (Å²) >= 11 is 5.83. The SMILES string of the molecule is Cn1cc([C@@]2(C)CN(c3ncc(Cl)cn3)CCO2)cn1. The van der Waals surface area contributed by atoms with Crippen molar-refractivity contribution in [2.75, 3.05) is 24.6 Å². The number of ether oxygens (including phenoxy) is 1. The summed E-state index contributed by atoms with van der Waals surface area (Å²) in [6.45, 7) is 4.13. The Balaban J connectivity index is 1.84. The van der Waals surface area contributed by atoms with Gasteiger partial charge < -0.3 is 9.64 Å². The third kappa shape index (κ3) is 2.48. The molecule has 0 aromatic carbocycles. The molecule has 0 amide bonds. The molecule has 7 heteroatoms. The second-order valence-corrected chi connectivity index (χ2v) is 5.54. The minimum atomic E-state index is -0.407. The number of morpholine rings is 1. The molecule has 0 saturated carbocycles. The minimum absolute atomic E-state index is 0.407. The Morgan fingerprint density at radius 2 is 2.05 bits per heavy atom. The van der Waals surface area contributed by atoms with Crippen LogP contribution in [0.5, 0.6) is 0 Å². The maximum Gasteiger partial charge on any atom is 0.225 e. The van der Waals surface area contributed by atoms with Crippen LogP contribution < -0.4 is 4.90 Å². The van der Waals surface area contributed by atoms with E-state index in [1.54, 1.807) is 17.1 Å². The zero-order valence-corrected chi connectivity index (χ0v) is 12.2. The number of nitrogens with zero attached hydrogens (tertiary/aromatic N) is 5. The fourth-order valence-electron chi connectivity index (χ4n) is 2.38. The molecule has 1 saturated heterocycles. The lowest BCUT2D eigenvalue weighted by molar-refractivity contribution is -0.0470. The zero-order valence-electron chi connectivity index (χ0n) is 11.5. The summed E-state index contributed by atoms with van der Waals surface area (Å²) in [5.74, 6) is 0.674. The van der Waals surface area contributed by atoms with Crippen LogP contribution in [0.15, 0.2) is 24.8 Å². The second-order valence-electron chi connectivity index (χ2n) is 5.10. The van der Waals surface area contributed by atoms with E-state index < -0.39 is 5.60 Å². The Hall–Kier alpha value is -1.66. The maximum absolute atomic E-state index is 5.96. The molecule has 2 aromatic rings. The Labute approximate surface area is 122 Å². The largest absolute Gasteiger partial charge is 0.367 e. The first-order chi connectivity index (χ1) is 9.57. The van der Waals surface area contributed by atoms with Crippen LogP contribution in [-0.2, 0) is 17.4 Å². The van der Waals surface area contributed by atoms with Gasteiger partial charge in [0.1, 0.15) is 5.60 Å². The molecule has 106 valence electrons. The number of hydrogen-bond donors (Lipinski definition) is 0. The highest BCUT2D eigenvalue weighted by Gasteiger charge is 2.35. The van der Waals surface area contributed by atoms with Crippen molar-refractivity contribution in [1.82, 2.24) is 19.7 Å². The van der Waals surface area contributed by atoms with Crippen LogP contribution in [0, 0.1) is 0 Å². The molecule has 0 bridgehead atoms. The van der Waals surface area contributed by atoms with Crippen LogP contribution in [-0.4, -0.2) is 39.4 Å². The highest BCUT2D eigenvalue weighted by molar-refractivity contribution is 6.30. The Morgan fingerprint density at radius 1 is 1.30 bits per heavy atom. The van der Waals surface area contributed by atoms with E-state index in [0.717, 1.165) is 12.1 Å². The lowest BCUT2D eigenvalue weighted by Gasteiger charge is -2.40. The average Bonchev–Trinajstić information content (AvgIpc) is 2.87. The van der Waals surface area contributed by atoms with Gasteiger partial charge in [0.05, 0.1) is 36.8 Å². The summed E-state index contributed by atoms with van der Waals surface area (Å²) in [4.78, 5) is 10.6. The Bertz CT molecular complexity index is 599. The molecule has 1 fully saturated rings. The molecular formula is C13H16ClN5O. The van der Waals surface area contributed by atoms with Gasteiger partial charge in [0.25, 0.3) is 0 Å². The molecule has 2 aromatic heterocycles. The molecule has 1 atom stereocenters. The first-order valence-corrected chi connectivity index (χ1v) is 6.80. The van der Waals surface area contributed by atoms with Crippen LogP contribution in [0.3, 0.4) is 0 Å². The summed E-state index contributed by atoms with van der Waals surface area (Å²) < 4.78 is 7.74. The predicted octanol–water partition coefficient (Wildman–Crippen LogP) is 1.62. The van der Waals surface area contributed by atoms with Gasteiger partial charge in [-0.3, -0.25) is 4.68 Å². The van der Waals surface area contributed by atoms with E-state index in [1.807, 2.05) is 19.4 Å². The minimum Gasteiger partial charge on any atom is -0.367 e. The van der Waals surface area contributed by atoms with E-state index in [1.165, 1.54) is 0 Å². The molecular weight excluding hydrogens is 278 g/mol. The summed E-state index contributed by atoms with van der Waals surface area (Å²) in [6, 6.07) is 0. The lowest BCUT2D eigenvalue weighted by Crippen LogP contribution is -2.48. The van der Waals surface area contributed by atoms with E-state index in [-0.39, 0.29) is 0 Å². The monoisotopic (exact) mass is 293 g/mol. The fraction of sp³-hybridized carbons (Fsp3) is 0.462. The predicted molar refractivity (Wildman–Crippen MR) is 75.8 cm³/mol. The summed E-state index contributed by atoms with van der Waals surface area (Å²) in [7, 11) is 1.90. The van der Waals surface area contributed by atoms with E-state index in [0.29, 0.717) is 24.1 Å².